The van der Waals surface area contributed by atoms with Gasteiger partial charge in [-0.2, -0.15) is 5.10 Å². The zero-order valence-electron chi connectivity index (χ0n) is 23.7. The van der Waals surface area contributed by atoms with E-state index in [0.717, 1.165) is 11.3 Å². The summed E-state index contributed by atoms with van der Waals surface area (Å²) >= 11 is 6.67. The number of nitrogens with two attached hydrogens (primary N) is 2. The van der Waals surface area contributed by atoms with Gasteiger partial charge in [0.15, 0.2) is 23.5 Å². The normalized spacial score (nSPS) is 17.7. The monoisotopic (exact) mass is 583 g/mol. The summed E-state index contributed by atoms with van der Waals surface area (Å²) < 4.78 is 28.0. The number of aromatic nitrogens is 3. The Morgan fingerprint density at radius 1 is 1.39 bits per heavy atom. The van der Waals surface area contributed by atoms with Gasteiger partial charge in [-0.3, -0.25) is 14.5 Å². The molecule has 4 rings (SSSR count). The van der Waals surface area contributed by atoms with Crippen LogP contribution in [0.15, 0.2) is 41.0 Å². The number of aliphatic imine (C=N–C) groups is 1. The number of aryl methyl sites for hydroxylation is 1. The van der Waals surface area contributed by atoms with Gasteiger partial charge >= 0.3 is 5.97 Å². The summed E-state index contributed by atoms with van der Waals surface area (Å²) in [5, 5.41) is 7.86. The molecule has 1 aromatic carbocycles. The lowest BCUT2D eigenvalue weighted by Gasteiger charge is -2.23. The van der Waals surface area contributed by atoms with Crippen LogP contribution >= 0.6 is 11.6 Å². The van der Waals surface area contributed by atoms with Gasteiger partial charge in [0, 0.05) is 60.4 Å². The Balaban J connectivity index is 1.86. The molecule has 0 aliphatic carbocycles. The van der Waals surface area contributed by atoms with E-state index in [0.29, 0.717) is 57.6 Å². The number of ether oxygens (including phenoxy) is 2. The fourth-order valence-corrected chi connectivity index (χ4v) is 4.87. The van der Waals surface area contributed by atoms with E-state index in [9.17, 15) is 9.18 Å². The van der Waals surface area contributed by atoms with Crippen LogP contribution in [0, 0.1) is 11.7 Å². The third kappa shape index (κ3) is 6.36. The van der Waals surface area contributed by atoms with Gasteiger partial charge in [-0.05, 0) is 49.6 Å². The molecule has 3 aromatic rings. The average molecular weight is 584 g/mol. The number of allylic oxidation sites excluding steroid dienone is 1. The van der Waals surface area contributed by atoms with Gasteiger partial charge in [-0.1, -0.05) is 25.4 Å². The zero-order chi connectivity index (χ0) is 29.8. The maximum atomic E-state index is 14.5. The number of esters is 1. The molecule has 0 saturated carbocycles. The second-order valence-corrected chi connectivity index (χ2v) is 10.4. The lowest BCUT2D eigenvalue weighted by atomic mass is 9.94. The summed E-state index contributed by atoms with van der Waals surface area (Å²) in [7, 11) is 1.65. The molecule has 218 valence electrons. The third-order valence-corrected chi connectivity index (χ3v) is 7.22. The van der Waals surface area contributed by atoms with Gasteiger partial charge in [0.2, 0.25) is 0 Å². The zero-order valence-corrected chi connectivity index (χ0v) is 24.5. The van der Waals surface area contributed by atoms with E-state index in [2.05, 4.69) is 20.4 Å². The second-order valence-electron chi connectivity index (χ2n) is 10.1. The molecule has 0 spiro atoms. The fraction of sp³-hybridized carbons (Fsp3) is 0.379. The van der Waals surface area contributed by atoms with Crippen LogP contribution < -0.4 is 21.5 Å². The largest absolute Gasteiger partial charge is 0.482 e. The Morgan fingerprint density at radius 3 is 2.83 bits per heavy atom. The molecule has 0 saturated heterocycles. The van der Waals surface area contributed by atoms with Crippen molar-refractivity contribution in [1.29, 1.82) is 0 Å². The highest BCUT2D eigenvalue weighted by molar-refractivity contribution is 6.30. The Hall–Kier alpha value is -3.96. The van der Waals surface area contributed by atoms with E-state index in [1.54, 1.807) is 43.2 Å². The molecule has 0 radical (unpaired) electrons. The van der Waals surface area contributed by atoms with Crippen LogP contribution in [0.4, 0.5) is 10.2 Å². The van der Waals surface area contributed by atoms with E-state index in [4.69, 9.17) is 32.5 Å². The minimum absolute atomic E-state index is 0.0753. The van der Waals surface area contributed by atoms with Crippen molar-refractivity contribution in [2.24, 2.45) is 22.4 Å². The number of nitrogens with one attached hydrogen (secondary N) is 1. The Labute approximate surface area is 243 Å². The van der Waals surface area contributed by atoms with E-state index in [1.165, 1.54) is 12.1 Å². The second kappa shape index (κ2) is 12.7. The first kappa shape index (κ1) is 30.0. The molecule has 3 heterocycles. The molecule has 0 amide bonds. The van der Waals surface area contributed by atoms with Crippen LogP contribution in [-0.4, -0.2) is 46.8 Å². The maximum Gasteiger partial charge on any atom is 0.324 e. The molecule has 12 heteroatoms. The van der Waals surface area contributed by atoms with E-state index < -0.39 is 23.9 Å². The summed E-state index contributed by atoms with van der Waals surface area (Å²) in [5.74, 6) is -0.379. The molecular formula is C29H35ClFN7O3. The topological polar surface area (TPSA) is 143 Å². The van der Waals surface area contributed by atoms with E-state index in [1.807, 2.05) is 20.8 Å². The minimum Gasteiger partial charge on any atom is -0.482 e. The van der Waals surface area contributed by atoms with Crippen LogP contribution in [0.5, 0.6) is 5.75 Å². The molecule has 2 atom stereocenters. The number of hydrogen-bond donors (Lipinski definition) is 3. The maximum absolute atomic E-state index is 14.5. The molecule has 2 unspecified atom stereocenters. The summed E-state index contributed by atoms with van der Waals surface area (Å²) in [5.41, 5.74) is 17.0. The first-order valence-electron chi connectivity index (χ1n) is 13.3. The van der Waals surface area contributed by atoms with Crippen LogP contribution in [0.2, 0.25) is 5.15 Å². The number of nitrogens with zero attached hydrogens (tertiary/aromatic N) is 4. The first-order valence-corrected chi connectivity index (χ1v) is 13.7. The lowest BCUT2D eigenvalue weighted by molar-refractivity contribution is -0.145. The van der Waals surface area contributed by atoms with E-state index >= 15 is 0 Å². The SMILES string of the molecule is CCn1nc(Cl)c2c1-c1cnc(NCOC(=O)C(N)C(C)C)c(c1)OC(C)c1cc(F)ccc1/C(N)=C(/C=NC)C2. The molecule has 1 aliphatic heterocycles. The molecule has 2 bridgehead atoms. The Bertz CT molecular complexity index is 1500. The van der Waals surface area contributed by atoms with Crippen molar-refractivity contribution in [2.75, 3.05) is 19.1 Å². The quantitative estimate of drug-likeness (QED) is 0.206. The smallest absolute Gasteiger partial charge is 0.324 e. The van der Waals surface area contributed by atoms with Gasteiger partial charge in [0.1, 0.15) is 18.0 Å². The molecule has 10 nitrogen and oxygen atoms in total. The molecular weight excluding hydrogens is 549 g/mol. The lowest BCUT2D eigenvalue weighted by Crippen LogP contribution is -2.37. The number of hydrogen-bond acceptors (Lipinski definition) is 9. The van der Waals surface area contributed by atoms with Crippen LogP contribution in [0.1, 0.15) is 50.5 Å². The van der Waals surface area contributed by atoms with Gasteiger partial charge < -0.3 is 26.3 Å². The van der Waals surface area contributed by atoms with Crippen LogP contribution in [-0.2, 0) is 22.5 Å². The van der Waals surface area contributed by atoms with Crippen LogP contribution in [0.25, 0.3) is 17.0 Å². The fourth-order valence-electron chi connectivity index (χ4n) is 4.62. The van der Waals surface area contributed by atoms with Crippen molar-refractivity contribution in [3.8, 4) is 17.0 Å². The summed E-state index contributed by atoms with van der Waals surface area (Å²) in [6.45, 7) is 7.80. The predicted molar refractivity (Wildman–Crippen MR) is 158 cm³/mol. The summed E-state index contributed by atoms with van der Waals surface area (Å²) in [6, 6.07) is 5.42. The van der Waals surface area contributed by atoms with Crippen molar-refractivity contribution >= 4 is 35.3 Å². The molecule has 0 fully saturated rings. The third-order valence-electron chi connectivity index (χ3n) is 6.92. The number of carbonyl (C=O) groups is 1. The molecule has 1 aliphatic rings. The van der Waals surface area contributed by atoms with Crippen molar-refractivity contribution in [3.05, 3.63) is 63.7 Å². The van der Waals surface area contributed by atoms with Gasteiger partial charge in [-0.25, -0.2) is 9.37 Å². The van der Waals surface area contributed by atoms with Crippen molar-refractivity contribution < 1.29 is 18.7 Å². The number of benzene rings is 1. The Morgan fingerprint density at radius 2 is 2.15 bits per heavy atom. The average Bonchev–Trinajstić information content (AvgIpc) is 3.26. The standard InChI is InChI=1S/C29H35ClFN7O3/c1-6-38-26-18-10-23(28(35-13-18)36-14-40-29(39)24(32)15(2)3)41-16(4)21-11-19(31)7-8-20(21)25(33)17(12-34-5)9-22(26)27(30)37-38/h7-8,10-13,15-16,24H,6,9,14,32-33H2,1-5H3,(H,35,36)/b25-17-,34-12?. The highest BCUT2D eigenvalue weighted by Gasteiger charge is 2.25. The highest BCUT2D eigenvalue weighted by Crippen LogP contribution is 2.38. The van der Waals surface area contributed by atoms with Crippen LogP contribution in [0.3, 0.4) is 0 Å². The van der Waals surface area contributed by atoms with Crippen molar-refractivity contribution in [2.45, 2.75) is 52.8 Å². The van der Waals surface area contributed by atoms with Gasteiger partial charge in [0.25, 0.3) is 0 Å². The Kier molecular flexibility index (Phi) is 9.29. The number of anilines is 1. The molecule has 5 N–H and O–H groups in total. The number of carbonyl (C=O) groups excluding carboxylic acids is 1. The summed E-state index contributed by atoms with van der Waals surface area (Å²) in [4.78, 5) is 21.1. The highest BCUT2D eigenvalue weighted by atomic mass is 35.5. The summed E-state index contributed by atoms with van der Waals surface area (Å²) in [6.07, 6.45) is 3.01. The molecule has 2 aromatic heterocycles. The number of halogens is 2. The number of rotatable bonds is 7. The molecule has 41 heavy (non-hydrogen) atoms. The first-order chi connectivity index (χ1) is 19.5. The van der Waals surface area contributed by atoms with Gasteiger partial charge in [0.05, 0.1) is 5.69 Å². The minimum atomic E-state index is -0.751. The number of fused-ring (bicyclic) bond motifs is 5. The predicted octanol–water partition coefficient (Wildman–Crippen LogP) is 4.72. The van der Waals surface area contributed by atoms with Gasteiger partial charge in [-0.15, -0.1) is 0 Å². The van der Waals surface area contributed by atoms with Crippen molar-refractivity contribution in [3.63, 3.8) is 0 Å². The van der Waals surface area contributed by atoms with E-state index in [-0.39, 0.29) is 12.6 Å². The van der Waals surface area contributed by atoms with Crippen molar-refractivity contribution in [1.82, 2.24) is 14.8 Å². The number of pyridine rings is 1.